The molecular formula is C16H32N4. The average molecular weight is 280 g/mol. The molecule has 1 aromatic heterocycles. The molecule has 0 aliphatic heterocycles. The minimum atomic E-state index is 0.0947. The Kier molecular flexibility index (Phi) is 5.39. The van der Waals surface area contributed by atoms with Gasteiger partial charge in [-0.15, -0.1) is 0 Å². The Bertz CT molecular complexity index is 424. The van der Waals surface area contributed by atoms with Crippen LogP contribution >= 0.6 is 0 Å². The van der Waals surface area contributed by atoms with E-state index < -0.39 is 0 Å². The molecule has 0 aliphatic carbocycles. The van der Waals surface area contributed by atoms with Gasteiger partial charge < -0.3 is 10.2 Å². The summed E-state index contributed by atoms with van der Waals surface area (Å²) in [6.45, 7) is 14.2. The number of hydrogen-bond acceptors (Lipinski definition) is 3. The number of nitrogens with zero attached hydrogens (tertiary/aromatic N) is 3. The fraction of sp³-hybridized carbons (Fsp3) is 0.812. The van der Waals surface area contributed by atoms with Crippen molar-refractivity contribution < 1.29 is 0 Å². The van der Waals surface area contributed by atoms with E-state index >= 15 is 0 Å². The minimum Gasteiger partial charge on any atom is -0.312 e. The van der Waals surface area contributed by atoms with Crippen LogP contribution in [0.4, 0.5) is 0 Å². The van der Waals surface area contributed by atoms with E-state index in [1.807, 2.05) is 11.7 Å². The Morgan fingerprint density at radius 3 is 2.30 bits per heavy atom. The summed E-state index contributed by atoms with van der Waals surface area (Å²) < 4.78 is 1.92. The van der Waals surface area contributed by atoms with Gasteiger partial charge in [-0.25, -0.2) is 0 Å². The van der Waals surface area contributed by atoms with Crippen LogP contribution in [-0.4, -0.2) is 41.9 Å². The van der Waals surface area contributed by atoms with Crippen LogP contribution in [-0.2, 0) is 19.0 Å². The first-order chi connectivity index (χ1) is 9.01. The quantitative estimate of drug-likeness (QED) is 0.868. The maximum Gasteiger partial charge on any atom is 0.0722 e. The summed E-state index contributed by atoms with van der Waals surface area (Å²) in [5, 5.41) is 8.21. The van der Waals surface area contributed by atoms with E-state index in [1.54, 1.807) is 0 Å². The molecule has 0 aromatic carbocycles. The fourth-order valence-corrected chi connectivity index (χ4v) is 2.75. The van der Waals surface area contributed by atoms with E-state index in [9.17, 15) is 0 Å². The Labute approximate surface area is 124 Å². The molecule has 4 heteroatoms. The zero-order valence-electron chi connectivity index (χ0n) is 14.5. The van der Waals surface area contributed by atoms with E-state index in [1.165, 1.54) is 11.3 Å². The number of hydrogen-bond donors (Lipinski definition) is 1. The monoisotopic (exact) mass is 280 g/mol. The van der Waals surface area contributed by atoms with Crippen LogP contribution in [0.25, 0.3) is 0 Å². The maximum atomic E-state index is 4.61. The van der Waals surface area contributed by atoms with E-state index in [0.29, 0.717) is 0 Å². The highest BCUT2D eigenvalue weighted by atomic mass is 15.3. The standard InChI is InChI=1S/C16H32N4/c1-15(2,3)14-13(10-20(8)18-14)9-17-11-16(4,5)12-19(6)7/h10,17H,9,11-12H2,1-8H3. The molecule has 1 heterocycles. The highest BCUT2D eigenvalue weighted by molar-refractivity contribution is 5.23. The summed E-state index contributed by atoms with van der Waals surface area (Å²) in [6.07, 6.45) is 2.13. The number of aryl methyl sites for hydroxylation is 1. The lowest BCUT2D eigenvalue weighted by Crippen LogP contribution is -2.37. The molecule has 1 rings (SSSR count). The molecule has 0 spiro atoms. The second kappa shape index (κ2) is 6.27. The van der Waals surface area contributed by atoms with Crippen LogP contribution in [0.1, 0.15) is 45.9 Å². The normalized spacial score (nSPS) is 13.2. The van der Waals surface area contributed by atoms with Crippen molar-refractivity contribution >= 4 is 0 Å². The van der Waals surface area contributed by atoms with Gasteiger partial charge in [-0.3, -0.25) is 4.68 Å². The van der Waals surface area contributed by atoms with E-state index in [0.717, 1.165) is 19.6 Å². The van der Waals surface area contributed by atoms with Crippen molar-refractivity contribution in [3.8, 4) is 0 Å². The molecule has 0 saturated carbocycles. The number of rotatable bonds is 6. The number of nitrogens with one attached hydrogen (secondary N) is 1. The van der Waals surface area contributed by atoms with Gasteiger partial charge in [-0.2, -0.15) is 5.10 Å². The second-order valence-corrected chi connectivity index (χ2v) is 7.93. The van der Waals surface area contributed by atoms with Crippen LogP contribution in [0.2, 0.25) is 0 Å². The molecule has 4 nitrogen and oxygen atoms in total. The SMILES string of the molecule is CN(C)CC(C)(C)CNCc1cn(C)nc1C(C)(C)C. The fourth-order valence-electron chi connectivity index (χ4n) is 2.75. The van der Waals surface area contributed by atoms with Gasteiger partial charge in [-0.1, -0.05) is 34.6 Å². The highest BCUT2D eigenvalue weighted by Gasteiger charge is 2.23. The Balaban J connectivity index is 2.63. The van der Waals surface area contributed by atoms with Crippen molar-refractivity contribution in [3.05, 3.63) is 17.5 Å². The molecule has 0 bridgehead atoms. The lowest BCUT2D eigenvalue weighted by atomic mass is 9.89. The third kappa shape index (κ3) is 5.25. The predicted octanol–water partition coefficient (Wildman–Crippen LogP) is 2.40. The van der Waals surface area contributed by atoms with Crippen molar-refractivity contribution in [2.75, 3.05) is 27.2 Å². The molecule has 0 unspecified atom stereocenters. The smallest absolute Gasteiger partial charge is 0.0722 e. The molecule has 0 radical (unpaired) electrons. The molecule has 1 aromatic rings. The first kappa shape index (κ1) is 17.2. The van der Waals surface area contributed by atoms with Crippen molar-refractivity contribution in [1.29, 1.82) is 0 Å². The summed E-state index contributed by atoms with van der Waals surface area (Å²) in [6, 6.07) is 0. The molecule has 0 saturated heterocycles. The number of aromatic nitrogens is 2. The van der Waals surface area contributed by atoms with Crippen LogP contribution in [0, 0.1) is 5.41 Å². The van der Waals surface area contributed by atoms with Gasteiger partial charge in [0, 0.05) is 43.9 Å². The predicted molar refractivity (Wildman–Crippen MR) is 85.9 cm³/mol. The molecule has 0 atom stereocenters. The minimum absolute atomic E-state index is 0.0947. The van der Waals surface area contributed by atoms with Crippen molar-refractivity contribution in [2.24, 2.45) is 12.5 Å². The Hall–Kier alpha value is -0.870. The van der Waals surface area contributed by atoms with Crippen LogP contribution in [0.15, 0.2) is 6.20 Å². The lowest BCUT2D eigenvalue weighted by Gasteiger charge is -2.28. The molecule has 0 amide bonds. The summed E-state index contributed by atoms with van der Waals surface area (Å²) in [4.78, 5) is 2.24. The van der Waals surface area contributed by atoms with E-state index in [4.69, 9.17) is 0 Å². The molecule has 116 valence electrons. The van der Waals surface area contributed by atoms with E-state index in [2.05, 4.69) is 70.2 Å². The van der Waals surface area contributed by atoms with Gasteiger partial charge in [0.15, 0.2) is 0 Å². The van der Waals surface area contributed by atoms with Crippen LogP contribution in [0.5, 0.6) is 0 Å². The third-order valence-electron chi connectivity index (χ3n) is 3.28. The van der Waals surface area contributed by atoms with Crippen molar-refractivity contribution in [2.45, 2.75) is 46.6 Å². The molecule has 0 aliphatic rings. The topological polar surface area (TPSA) is 33.1 Å². The molecule has 1 N–H and O–H groups in total. The van der Waals surface area contributed by atoms with Gasteiger partial charge >= 0.3 is 0 Å². The zero-order valence-corrected chi connectivity index (χ0v) is 14.5. The first-order valence-electron chi connectivity index (χ1n) is 7.40. The van der Waals surface area contributed by atoms with Gasteiger partial charge in [0.2, 0.25) is 0 Å². The highest BCUT2D eigenvalue weighted by Crippen LogP contribution is 2.24. The van der Waals surface area contributed by atoms with Gasteiger partial charge in [-0.05, 0) is 19.5 Å². The van der Waals surface area contributed by atoms with Crippen molar-refractivity contribution in [3.63, 3.8) is 0 Å². The zero-order chi connectivity index (χ0) is 15.6. The third-order valence-corrected chi connectivity index (χ3v) is 3.28. The largest absolute Gasteiger partial charge is 0.312 e. The maximum absolute atomic E-state index is 4.61. The van der Waals surface area contributed by atoms with Crippen LogP contribution in [0.3, 0.4) is 0 Å². The lowest BCUT2D eigenvalue weighted by molar-refractivity contribution is 0.232. The summed E-state index contributed by atoms with van der Waals surface area (Å²) >= 11 is 0. The second-order valence-electron chi connectivity index (χ2n) is 7.93. The van der Waals surface area contributed by atoms with E-state index in [-0.39, 0.29) is 10.8 Å². The van der Waals surface area contributed by atoms with Gasteiger partial charge in [0.25, 0.3) is 0 Å². The average Bonchev–Trinajstić information content (AvgIpc) is 2.56. The Morgan fingerprint density at radius 2 is 1.80 bits per heavy atom. The summed E-state index contributed by atoms with van der Waals surface area (Å²) in [5.41, 5.74) is 2.86. The van der Waals surface area contributed by atoms with Gasteiger partial charge in [0.1, 0.15) is 0 Å². The molecule has 20 heavy (non-hydrogen) atoms. The first-order valence-corrected chi connectivity index (χ1v) is 7.40. The molecule has 0 fully saturated rings. The van der Waals surface area contributed by atoms with Gasteiger partial charge in [0.05, 0.1) is 5.69 Å². The Morgan fingerprint density at radius 1 is 1.20 bits per heavy atom. The summed E-state index contributed by atoms with van der Waals surface area (Å²) in [5.74, 6) is 0. The van der Waals surface area contributed by atoms with Crippen molar-refractivity contribution in [1.82, 2.24) is 20.0 Å². The summed E-state index contributed by atoms with van der Waals surface area (Å²) in [7, 11) is 6.25. The van der Waals surface area contributed by atoms with Crippen LogP contribution < -0.4 is 5.32 Å². The molecular weight excluding hydrogens is 248 g/mol.